The van der Waals surface area contributed by atoms with Gasteiger partial charge in [-0.3, -0.25) is 19.8 Å². The van der Waals surface area contributed by atoms with Crippen molar-refractivity contribution in [3.05, 3.63) is 94.4 Å². The molecule has 154 valence electrons. The molecule has 4 aromatic rings. The zero-order chi connectivity index (χ0) is 21.4. The van der Waals surface area contributed by atoms with E-state index in [0.717, 1.165) is 38.3 Å². The molecule has 2 aromatic heterocycles. The lowest BCUT2D eigenvalue weighted by molar-refractivity contribution is 0.0988. The van der Waals surface area contributed by atoms with Gasteiger partial charge in [-0.15, -0.1) is 0 Å². The van der Waals surface area contributed by atoms with Gasteiger partial charge in [-0.25, -0.2) is 0 Å². The molecule has 5 rings (SSSR count). The van der Waals surface area contributed by atoms with Gasteiger partial charge in [-0.05, 0) is 67.1 Å². The van der Waals surface area contributed by atoms with Crippen molar-refractivity contribution in [3.63, 3.8) is 0 Å². The highest BCUT2D eigenvalue weighted by molar-refractivity contribution is 9.10. The minimum absolute atomic E-state index is 0.115. The van der Waals surface area contributed by atoms with Crippen molar-refractivity contribution in [1.29, 1.82) is 0 Å². The number of halogens is 1. The number of hydrogen-bond acceptors (Lipinski definition) is 4. The van der Waals surface area contributed by atoms with Crippen molar-refractivity contribution in [2.75, 3.05) is 11.5 Å². The molecule has 2 aromatic carbocycles. The number of pyridine rings is 1. The van der Waals surface area contributed by atoms with Gasteiger partial charge in [0.2, 0.25) is 0 Å². The van der Waals surface area contributed by atoms with Gasteiger partial charge in [-0.2, -0.15) is 5.10 Å². The molecule has 1 aliphatic heterocycles. The van der Waals surface area contributed by atoms with Crippen molar-refractivity contribution in [2.24, 2.45) is 0 Å². The van der Waals surface area contributed by atoms with E-state index >= 15 is 0 Å². The number of carbonyl (C=O) groups excluding carboxylic acids is 1. The summed E-state index contributed by atoms with van der Waals surface area (Å²) in [6.45, 7) is 2.56. The maximum Gasteiger partial charge on any atom is 0.277 e. The molecule has 0 aliphatic carbocycles. The Balaban J connectivity index is 1.65. The number of ether oxygens (including phenoxy) is 1. The van der Waals surface area contributed by atoms with Crippen LogP contribution in [0.25, 0.3) is 11.3 Å². The van der Waals surface area contributed by atoms with Gasteiger partial charge in [0.15, 0.2) is 0 Å². The van der Waals surface area contributed by atoms with Crippen LogP contribution >= 0.6 is 15.9 Å². The number of carbonyl (C=O) groups is 1. The summed E-state index contributed by atoms with van der Waals surface area (Å²) in [6.07, 6.45) is 3.53. The van der Waals surface area contributed by atoms with Crippen LogP contribution in [0.3, 0.4) is 0 Å². The van der Waals surface area contributed by atoms with Gasteiger partial charge in [-0.1, -0.05) is 22.0 Å². The standard InChI is InChI=1S/C24H19BrN4O2/c1-2-31-19-11-5-15(6-12-19)21-20-22(28-27-21)24(30)29(18-9-7-17(25)8-10-18)23(20)16-4-3-13-26-14-16/h3-14,23H,2H2,1H3,(H,27,28)/t23-/m1/s1. The van der Waals surface area contributed by atoms with Crippen LogP contribution in [0.1, 0.15) is 34.6 Å². The van der Waals surface area contributed by atoms with E-state index in [1.54, 1.807) is 17.3 Å². The molecule has 31 heavy (non-hydrogen) atoms. The van der Waals surface area contributed by atoms with Crippen LogP contribution in [-0.2, 0) is 0 Å². The molecule has 0 bridgehead atoms. The maximum atomic E-state index is 13.5. The fraction of sp³-hybridized carbons (Fsp3) is 0.125. The van der Waals surface area contributed by atoms with Crippen LogP contribution in [0.5, 0.6) is 5.75 Å². The number of fused-ring (bicyclic) bond motifs is 1. The molecule has 1 N–H and O–H groups in total. The van der Waals surface area contributed by atoms with Gasteiger partial charge in [0.25, 0.3) is 5.91 Å². The number of rotatable bonds is 5. The number of H-pyrrole nitrogens is 1. The summed E-state index contributed by atoms with van der Waals surface area (Å²) in [5.41, 5.74) is 4.75. The number of aromatic amines is 1. The molecule has 0 unspecified atom stereocenters. The van der Waals surface area contributed by atoms with Crippen LogP contribution < -0.4 is 9.64 Å². The second-order valence-corrected chi connectivity index (χ2v) is 8.07. The summed E-state index contributed by atoms with van der Waals surface area (Å²) in [5, 5.41) is 7.49. The Kier molecular flexibility index (Phi) is 5.03. The molecular formula is C24H19BrN4O2. The smallest absolute Gasteiger partial charge is 0.277 e. The average molecular weight is 475 g/mol. The third-order valence-electron chi connectivity index (χ3n) is 5.31. The van der Waals surface area contributed by atoms with E-state index in [1.165, 1.54) is 0 Å². The lowest BCUT2D eigenvalue weighted by atomic mass is 9.97. The number of nitrogens with zero attached hydrogens (tertiary/aromatic N) is 3. The molecule has 0 fully saturated rings. The quantitative estimate of drug-likeness (QED) is 0.421. The molecule has 0 saturated heterocycles. The highest BCUT2D eigenvalue weighted by Gasteiger charge is 2.43. The molecule has 0 spiro atoms. The second-order valence-electron chi connectivity index (χ2n) is 7.16. The fourth-order valence-electron chi connectivity index (χ4n) is 3.96. The molecule has 7 heteroatoms. The highest BCUT2D eigenvalue weighted by atomic mass is 79.9. The zero-order valence-corrected chi connectivity index (χ0v) is 18.3. The first-order valence-electron chi connectivity index (χ1n) is 9.98. The maximum absolute atomic E-state index is 13.5. The van der Waals surface area contributed by atoms with E-state index < -0.39 is 0 Å². The molecule has 0 radical (unpaired) electrons. The molecule has 1 atom stereocenters. The third-order valence-corrected chi connectivity index (χ3v) is 5.84. The van der Waals surface area contributed by atoms with Gasteiger partial charge < -0.3 is 4.74 Å². The Morgan fingerprint density at radius 1 is 1.10 bits per heavy atom. The summed E-state index contributed by atoms with van der Waals surface area (Å²) >= 11 is 3.47. The Bertz CT molecular complexity index is 1220. The van der Waals surface area contributed by atoms with Crippen LogP contribution in [0.15, 0.2) is 77.5 Å². The average Bonchev–Trinajstić information content (AvgIpc) is 3.35. The third kappa shape index (κ3) is 3.41. The summed E-state index contributed by atoms with van der Waals surface area (Å²) in [7, 11) is 0. The Labute approximate surface area is 188 Å². The fourth-order valence-corrected chi connectivity index (χ4v) is 4.23. The normalized spacial score (nSPS) is 15.2. The largest absolute Gasteiger partial charge is 0.494 e. The Hall–Kier alpha value is -3.45. The lowest BCUT2D eigenvalue weighted by Crippen LogP contribution is -2.29. The van der Waals surface area contributed by atoms with E-state index in [-0.39, 0.29) is 11.9 Å². The van der Waals surface area contributed by atoms with Crippen molar-refractivity contribution >= 4 is 27.5 Å². The number of benzene rings is 2. The number of nitrogens with one attached hydrogen (secondary N) is 1. The van der Waals surface area contributed by atoms with Crippen LogP contribution in [0, 0.1) is 0 Å². The van der Waals surface area contributed by atoms with Gasteiger partial charge in [0.1, 0.15) is 11.4 Å². The molecule has 0 saturated carbocycles. The Morgan fingerprint density at radius 2 is 1.87 bits per heavy atom. The monoisotopic (exact) mass is 474 g/mol. The van der Waals surface area contributed by atoms with Gasteiger partial charge in [0.05, 0.1) is 18.3 Å². The topological polar surface area (TPSA) is 71.1 Å². The van der Waals surface area contributed by atoms with Crippen LogP contribution in [0.4, 0.5) is 5.69 Å². The highest BCUT2D eigenvalue weighted by Crippen LogP contribution is 2.45. The molecule has 3 heterocycles. The van der Waals surface area contributed by atoms with E-state index in [9.17, 15) is 4.79 Å². The van der Waals surface area contributed by atoms with E-state index in [0.29, 0.717) is 12.3 Å². The van der Waals surface area contributed by atoms with E-state index in [1.807, 2.05) is 67.6 Å². The van der Waals surface area contributed by atoms with E-state index in [2.05, 4.69) is 31.1 Å². The first-order chi connectivity index (χ1) is 15.2. The predicted octanol–water partition coefficient (Wildman–Crippen LogP) is 5.38. The molecule has 6 nitrogen and oxygen atoms in total. The van der Waals surface area contributed by atoms with Crippen molar-refractivity contribution in [2.45, 2.75) is 13.0 Å². The minimum atomic E-state index is -0.335. The minimum Gasteiger partial charge on any atom is -0.494 e. The number of aromatic nitrogens is 3. The zero-order valence-electron chi connectivity index (χ0n) is 16.7. The van der Waals surface area contributed by atoms with Gasteiger partial charge >= 0.3 is 0 Å². The lowest BCUT2D eigenvalue weighted by Gasteiger charge is -2.26. The van der Waals surface area contributed by atoms with Crippen molar-refractivity contribution in [1.82, 2.24) is 15.2 Å². The first-order valence-corrected chi connectivity index (χ1v) is 10.8. The number of anilines is 1. The van der Waals surface area contributed by atoms with Crippen molar-refractivity contribution < 1.29 is 9.53 Å². The van der Waals surface area contributed by atoms with Crippen molar-refractivity contribution in [3.8, 4) is 17.0 Å². The van der Waals surface area contributed by atoms with E-state index in [4.69, 9.17) is 4.74 Å². The first kappa shape index (κ1) is 19.5. The second kappa shape index (κ2) is 8.00. The molecule has 1 amide bonds. The molecule has 1 aliphatic rings. The van der Waals surface area contributed by atoms with Gasteiger partial charge in [0, 0.05) is 33.7 Å². The predicted molar refractivity (Wildman–Crippen MR) is 122 cm³/mol. The SMILES string of the molecule is CCOc1ccc(-c2n[nH]c3c2[C@@H](c2cccnc2)N(c2ccc(Br)cc2)C3=O)cc1. The summed E-state index contributed by atoms with van der Waals surface area (Å²) in [6, 6.07) is 19.0. The number of hydrogen-bond donors (Lipinski definition) is 1. The number of amides is 1. The molecular weight excluding hydrogens is 456 g/mol. The summed E-state index contributed by atoms with van der Waals surface area (Å²) < 4.78 is 6.51. The van der Waals surface area contributed by atoms with Crippen LogP contribution in [-0.4, -0.2) is 27.7 Å². The summed E-state index contributed by atoms with van der Waals surface area (Å²) in [5.74, 6) is 0.686. The Morgan fingerprint density at radius 3 is 2.55 bits per heavy atom. The van der Waals surface area contributed by atoms with Crippen LogP contribution in [0.2, 0.25) is 0 Å². The summed E-state index contributed by atoms with van der Waals surface area (Å²) in [4.78, 5) is 19.5.